The second kappa shape index (κ2) is 10.1. The summed E-state index contributed by atoms with van der Waals surface area (Å²) in [5.74, 6) is 8.56. The van der Waals surface area contributed by atoms with Crippen LogP contribution in [0.4, 0.5) is 5.69 Å². The Kier molecular flexibility index (Phi) is 9.26. The molecule has 0 saturated heterocycles. The second-order valence-corrected chi connectivity index (χ2v) is 3.78. The first-order chi connectivity index (χ1) is 9.62. The van der Waals surface area contributed by atoms with Crippen LogP contribution in [0.15, 0.2) is 24.3 Å². The maximum Gasteiger partial charge on any atom is 0.275 e. The fraction of sp³-hybridized carbons (Fsp3) is 0.417. The van der Waals surface area contributed by atoms with Crippen molar-refractivity contribution in [3.05, 3.63) is 29.8 Å². The van der Waals surface area contributed by atoms with Crippen LogP contribution in [0, 0.1) is 0 Å². The highest BCUT2D eigenvalue weighted by Crippen LogP contribution is 2.11. The van der Waals surface area contributed by atoms with E-state index in [0.29, 0.717) is 6.54 Å². The van der Waals surface area contributed by atoms with Gasteiger partial charge in [-0.15, -0.1) is 0 Å². The molecule has 0 aliphatic heterocycles. The molecular weight excluding hydrogens is 264 g/mol. The van der Waals surface area contributed by atoms with E-state index in [1.165, 1.54) is 19.3 Å². The van der Waals surface area contributed by atoms with Crippen LogP contribution in [0.3, 0.4) is 0 Å². The number of carbonyl (C=O) groups is 1. The standard InChI is InChI=1S/C12H19N3O3.H3NO/c1-9(17-2)12(16)15(18-3)8-10-4-6-11(14-13)7-5-10;1-2/h4-7,9,14H,8,13H2,1-3H3;2H,1H2. The minimum Gasteiger partial charge on any atom is -0.372 e. The van der Waals surface area contributed by atoms with Gasteiger partial charge in [0.1, 0.15) is 6.10 Å². The van der Waals surface area contributed by atoms with Crippen LogP contribution in [0.1, 0.15) is 12.5 Å². The van der Waals surface area contributed by atoms with E-state index in [9.17, 15) is 4.79 Å². The first kappa shape index (κ1) is 18.3. The average Bonchev–Trinajstić information content (AvgIpc) is 2.53. The number of nitrogens with two attached hydrogens (primary N) is 2. The van der Waals surface area contributed by atoms with Gasteiger partial charge in [-0.05, 0) is 24.6 Å². The third-order valence-electron chi connectivity index (χ3n) is 2.61. The van der Waals surface area contributed by atoms with Crippen LogP contribution in [0.2, 0.25) is 0 Å². The van der Waals surface area contributed by atoms with Crippen LogP contribution >= 0.6 is 0 Å². The van der Waals surface area contributed by atoms with Crippen molar-refractivity contribution in [2.24, 2.45) is 11.7 Å². The molecule has 1 aromatic carbocycles. The van der Waals surface area contributed by atoms with E-state index in [2.05, 4.69) is 11.3 Å². The molecule has 1 aromatic rings. The number of methoxy groups -OCH3 is 1. The zero-order valence-corrected chi connectivity index (χ0v) is 11.9. The van der Waals surface area contributed by atoms with E-state index in [0.717, 1.165) is 11.3 Å². The average molecular weight is 286 g/mol. The normalized spacial score (nSPS) is 11.1. The number of rotatable bonds is 6. The first-order valence-electron chi connectivity index (χ1n) is 5.82. The maximum atomic E-state index is 11.9. The SMILES string of the molecule is COC(C)C(=O)N(Cc1ccc(NN)cc1)OC.NO. The van der Waals surface area contributed by atoms with Crippen molar-refractivity contribution >= 4 is 11.6 Å². The van der Waals surface area contributed by atoms with Crippen LogP contribution in [-0.4, -0.2) is 36.5 Å². The van der Waals surface area contributed by atoms with Crippen LogP contribution in [0.25, 0.3) is 0 Å². The van der Waals surface area contributed by atoms with Gasteiger partial charge in [-0.2, -0.15) is 0 Å². The number of hydrogen-bond acceptors (Lipinski definition) is 7. The Morgan fingerprint density at radius 1 is 1.35 bits per heavy atom. The van der Waals surface area contributed by atoms with E-state index < -0.39 is 6.10 Å². The number of carbonyl (C=O) groups excluding carboxylic acids is 1. The lowest BCUT2D eigenvalue weighted by Crippen LogP contribution is -2.37. The number of anilines is 1. The number of hydrazine groups is 1. The van der Waals surface area contributed by atoms with Gasteiger partial charge >= 0.3 is 0 Å². The molecule has 1 rings (SSSR count). The first-order valence-corrected chi connectivity index (χ1v) is 5.82. The van der Waals surface area contributed by atoms with Crippen LogP contribution in [0.5, 0.6) is 0 Å². The molecule has 0 radical (unpaired) electrons. The lowest BCUT2D eigenvalue weighted by atomic mass is 10.2. The van der Waals surface area contributed by atoms with E-state index >= 15 is 0 Å². The van der Waals surface area contributed by atoms with Gasteiger partial charge in [0.25, 0.3) is 5.91 Å². The summed E-state index contributed by atoms with van der Waals surface area (Å²) < 4.78 is 4.97. The molecule has 0 spiro atoms. The second-order valence-electron chi connectivity index (χ2n) is 3.78. The highest BCUT2D eigenvalue weighted by atomic mass is 16.7. The van der Waals surface area contributed by atoms with Crippen molar-refractivity contribution in [1.82, 2.24) is 5.06 Å². The monoisotopic (exact) mass is 286 g/mol. The topological polar surface area (TPSA) is 123 Å². The molecule has 1 atom stereocenters. The number of amides is 1. The molecule has 0 aliphatic rings. The summed E-state index contributed by atoms with van der Waals surface area (Å²) in [5.41, 5.74) is 4.28. The summed E-state index contributed by atoms with van der Waals surface area (Å²) in [5, 5.41) is 7.76. The Morgan fingerprint density at radius 2 is 1.90 bits per heavy atom. The lowest BCUT2D eigenvalue weighted by Gasteiger charge is -2.22. The molecule has 0 bridgehead atoms. The van der Waals surface area contributed by atoms with E-state index in [4.69, 9.17) is 20.6 Å². The fourth-order valence-electron chi connectivity index (χ4n) is 1.41. The fourth-order valence-corrected chi connectivity index (χ4v) is 1.41. The van der Waals surface area contributed by atoms with Crippen molar-refractivity contribution in [1.29, 1.82) is 0 Å². The molecule has 0 aliphatic carbocycles. The Hall–Kier alpha value is -1.71. The van der Waals surface area contributed by atoms with Crippen molar-refractivity contribution in [2.45, 2.75) is 19.6 Å². The molecular formula is C12H22N4O4. The molecule has 0 fully saturated rings. The third kappa shape index (κ3) is 5.51. The molecule has 1 unspecified atom stereocenters. The molecule has 8 heteroatoms. The smallest absolute Gasteiger partial charge is 0.275 e. The van der Waals surface area contributed by atoms with Gasteiger partial charge in [0, 0.05) is 12.8 Å². The minimum atomic E-state index is -0.532. The number of nitrogen functional groups attached to an aromatic ring is 1. The largest absolute Gasteiger partial charge is 0.372 e. The number of nitrogens with one attached hydrogen (secondary N) is 1. The van der Waals surface area contributed by atoms with Gasteiger partial charge in [0.2, 0.25) is 0 Å². The van der Waals surface area contributed by atoms with Crippen LogP contribution < -0.4 is 17.2 Å². The van der Waals surface area contributed by atoms with Gasteiger partial charge < -0.3 is 15.4 Å². The van der Waals surface area contributed by atoms with Gasteiger partial charge in [0.05, 0.1) is 13.7 Å². The summed E-state index contributed by atoms with van der Waals surface area (Å²) in [6.07, 6.45) is -0.532. The third-order valence-corrected chi connectivity index (χ3v) is 2.61. The zero-order chi connectivity index (χ0) is 15.5. The lowest BCUT2D eigenvalue weighted by molar-refractivity contribution is -0.188. The van der Waals surface area contributed by atoms with Crippen molar-refractivity contribution in [3.63, 3.8) is 0 Å². The molecule has 6 N–H and O–H groups in total. The highest BCUT2D eigenvalue weighted by Gasteiger charge is 2.20. The minimum absolute atomic E-state index is 0.221. The molecule has 1 amide bonds. The number of ether oxygens (including phenoxy) is 1. The molecule has 8 nitrogen and oxygen atoms in total. The molecule has 0 saturated carbocycles. The molecule has 0 aromatic heterocycles. The Balaban J connectivity index is 0.00000172. The number of hydrogen-bond donors (Lipinski definition) is 4. The van der Waals surface area contributed by atoms with Gasteiger partial charge in [-0.1, -0.05) is 12.1 Å². The van der Waals surface area contributed by atoms with E-state index in [-0.39, 0.29) is 5.91 Å². The van der Waals surface area contributed by atoms with Gasteiger partial charge in [-0.3, -0.25) is 15.5 Å². The maximum absolute atomic E-state index is 11.9. The van der Waals surface area contributed by atoms with Crippen LogP contribution in [-0.2, 0) is 20.9 Å². The summed E-state index contributed by atoms with van der Waals surface area (Å²) in [7, 11) is 2.94. The Morgan fingerprint density at radius 3 is 2.30 bits per heavy atom. The Labute approximate surface area is 118 Å². The van der Waals surface area contributed by atoms with Crippen molar-refractivity contribution in [2.75, 3.05) is 19.6 Å². The quantitative estimate of drug-likeness (QED) is 0.436. The summed E-state index contributed by atoms with van der Waals surface area (Å²) in [6, 6.07) is 7.39. The molecule has 114 valence electrons. The number of benzene rings is 1. The van der Waals surface area contributed by atoms with Crippen molar-refractivity contribution < 1.29 is 19.6 Å². The van der Waals surface area contributed by atoms with Gasteiger partial charge in [0.15, 0.2) is 0 Å². The summed E-state index contributed by atoms with van der Waals surface area (Å²) in [4.78, 5) is 16.9. The summed E-state index contributed by atoms with van der Waals surface area (Å²) in [6.45, 7) is 2.03. The predicted molar refractivity (Wildman–Crippen MR) is 74.3 cm³/mol. The predicted octanol–water partition coefficient (Wildman–Crippen LogP) is 0.231. The highest BCUT2D eigenvalue weighted by molar-refractivity contribution is 5.79. The van der Waals surface area contributed by atoms with E-state index in [1.807, 2.05) is 24.3 Å². The zero-order valence-electron chi connectivity index (χ0n) is 11.9. The Bertz CT molecular complexity index is 386. The molecule has 20 heavy (non-hydrogen) atoms. The van der Waals surface area contributed by atoms with E-state index in [1.54, 1.807) is 6.92 Å². The molecule has 0 heterocycles. The van der Waals surface area contributed by atoms with Crippen molar-refractivity contribution in [3.8, 4) is 0 Å². The van der Waals surface area contributed by atoms with Gasteiger partial charge in [-0.25, -0.2) is 11.0 Å². The summed E-state index contributed by atoms with van der Waals surface area (Å²) >= 11 is 0. The number of hydroxylamine groups is 2. The number of nitrogens with zero attached hydrogens (tertiary/aromatic N) is 1.